The van der Waals surface area contributed by atoms with Crippen LogP contribution in [0.15, 0.2) is 0 Å². The van der Waals surface area contributed by atoms with Crippen LogP contribution >= 0.6 is 0 Å². The molecule has 0 aromatic carbocycles. The van der Waals surface area contributed by atoms with Gasteiger partial charge in [-0.05, 0) is 20.3 Å². The Bertz CT molecular complexity index is 140. The van der Waals surface area contributed by atoms with Crippen molar-refractivity contribution in [2.75, 3.05) is 0 Å². The van der Waals surface area contributed by atoms with Crippen molar-refractivity contribution < 1.29 is 4.79 Å². The fourth-order valence-electron chi connectivity index (χ4n) is 1.37. The van der Waals surface area contributed by atoms with E-state index in [-0.39, 0.29) is 17.4 Å². The number of carbonyl (C=O) groups excluding carboxylic acids is 1. The Morgan fingerprint density at radius 1 is 1.67 bits per heavy atom. The van der Waals surface area contributed by atoms with Crippen LogP contribution < -0.4 is 5.32 Å². The average Bonchev–Trinajstić information content (AvgIpc) is 1.79. The van der Waals surface area contributed by atoms with E-state index in [0.717, 1.165) is 6.42 Å². The Balaban J connectivity index is 2.65. The Labute approximate surface area is 55.6 Å². The normalized spacial score (nSPS) is 32.3. The summed E-state index contributed by atoms with van der Waals surface area (Å²) in [6, 6.07) is 0. The molecule has 9 heavy (non-hydrogen) atoms. The van der Waals surface area contributed by atoms with Crippen molar-refractivity contribution in [3.63, 3.8) is 0 Å². The summed E-state index contributed by atoms with van der Waals surface area (Å²) in [5.74, 6) is 0.403. The third-order valence-corrected chi connectivity index (χ3v) is 1.73. The lowest BCUT2D eigenvalue weighted by Gasteiger charge is -2.15. The van der Waals surface area contributed by atoms with Gasteiger partial charge in [-0.1, -0.05) is 6.92 Å². The summed E-state index contributed by atoms with van der Waals surface area (Å²) in [5.41, 5.74) is 0.0382. The zero-order valence-corrected chi connectivity index (χ0v) is 6.19. The monoisotopic (exact) mass is 127 g/mol. The van der Waals surface area contributed by atoms with Crippen LogP contribution in [0.5, 0.6) is 0 Å². The van der Waals surface area contributed by atoms with E-state index >= 15 is 0 Å². The van der Waals surface area contributed by atoms with Crippen LogP contribution in [0.2, 0.25) is 0 Å². The second-order valence-corrected chi connectivity index (χ2v) is 3.48. The molecular formula is C7H13NO. The molecule has 0 aromatic heterocycles. The fourth-order valence-corrected chi connectivity index (χ4v) is 1.37. The smallest absolute Gasteiger partial charge is 0.223 e. The maximum absolute atomic E-state index is 10.9. The first-order valence-corrected chi connectivity index (χ1v) is 3.33. The first kappa shape index (κ1) is 6.59. The van der Waals surface area contributed by atoms with Gasteiger partial charge in [-0.15, -0.1) is 0 Å². The minimum atomic E-state index is 0.0382. The standard InChI is InChI=1S/C7H13NO/c1-5-4-7(2,3)8-6(5)9/h5H,4H2,1-3H3,(H,8,9)/t5-/m1/s1. The maximum Gasteiger partial charge on any atom is 0.223 e. The molecule has 2 heteroatoms. The number of hydrogen-bond acceptors (Lipinski definition) is 1. The average molecular weight is 127 g/mol. The van der Waals surface area contributed by atoms with E-state index < -0.39 is 0 Å². The van der Waals surface area contributed by atoms with Crippen molar-refractivity contribution in [3.05, 3.63) is 0 Å². The second-order valence-electron chi connectivity index (χ2n) is 3.48. The summed E-state index contributed by atoms with van der Waals surface area (Å²) in [4.78, 5) is 10.9. The number of hydrogen-bond donors (Lipinski definition) is 1. The second kappa shape index (κ2) is 1.72. The largest absolute Gasteiger partial charge is 0.351 e. The van der Waals surface area contributed by atoms with Crippen LogP contribution in [-0.2, 0) is 4.79 Å². The number of nitrogens with one attached hydrogen (secondary N) is 1. The molecule has 0 spiro atoms. The lowest BCUT2D eigenvalue weighted by atomic mass is 9.98. The van der Waals surface area contributed by atoms with Crippen LogP contribution in [0.3, 0.4) is 0 Å². The fraction of sp³-hybridized carbons (Fsp3) is 0.857. The molecule has 1 saturated heterocycles. The van der Waals surface area contributed by atoms with E-state index in [1.807, 2.05) is 6.92 Å². The molecule has 0 aromatic rings. The molecule has 0 aliphatic carbocycles. The van der Waals surface area contributed by atoms with E-state index in [1.165, 1.54) is 0 Å². The highest BCUT2D eigenvalue weighted by atomic mass is 16.2. The molecule has 1 N–H and O–H groups in total. The molecule has 0 radical (unpaired) electrons. The van der Waals surface area contributed by atoms with Crippen LogP contribution in [0, 0.1) is 5.92 Å². The molecule has 52 valence electrons. The Morgan fingerprint density at radius 3 is 2.33 bits per heavy atom. The van der Waals surface area contributed by atoms with Gasteiger partial charge in [-0.3, -0.25) is 4.79 Å². The van der Waals surface area contributed by atoms with E-state index in [2.05, 4.69) is 19.2 Å². The predicted octanol–water partition coefficient (Wildman–Crippen LogP) is 0.921. The summed E-state index contributed by atoms with van der Waals surface area (Å²) in [5, 5.41) is 2.90. The SMILES string of the molecule is C[C@@H]1CC(C)(C)NC1=O. The lowest BCUT2D eigenvalue weighted by Crippen LogP contribution is -2.34. The Hall–Kier alpha value is -0.530. The predicted molar refractivity (Wildman–Crippen MR) is 36.0 cm³/mol. The molecule has 1 heterocycles. The van der Waals surface area contributed by atoms with Crippen LogP contribution in [0.4, 0.5) is 0 Å². The topological polar surface area (TPSA) is 29.1 Å². The van der Waals surface area contributed by atoms with Crippen molar-refractivity contribution >= 4 is 5.91 Å². The van der Waals surface area contributed by atoms with E-state index in [4.69, 9.17) is 0 Å². The van der Waals surface area contributed by atoms with Crippen molar-refractivity contribution in [2.24, 2.45) is 5.92 Å². The molecule has 0 saturated carbocycles. The molecule has 1 fully saturated rings. The zero-order valence-electron chi connectivity index (χ0n) is 6.19. The molecular weight excluding hydrogens is 114 g/mol. The minimum absolute atomic E-state index is 0.0382. The first-order chi connectivity index (χ1) is 4.01. The third kappa shape index (κ3) is 1.23. The van der Waals surface area contributed by atoms with Gasteiger partial charge >= 0.3 is 0 Å². The van der Waals surface area contributed by atoms with Gasteiger partial charge in [0.15, 0.2) is 0 Å². The molecule has 1 aliphatic heterocycles. The van der Waals surface area contributed by atoms with E-state index in [9.17, 15) is 4.79 Å². The summed E-state index contributed by atoms with van der Waals surface area (Å²) in [7, 11) is 0. The summed E-state index contributed by atoms with van der Waals surface area (Å²) in [6.45, 7) is 6.06. The van der Waals surface area contributed by atoms with Gasteiger partial charge in [0.1, 0.15) is 0 Å². The minimum Gasteiger partial charge on any atom is -0.351 e. The molecule has 0 unspecified atom stereocenters. The molecule has 1 rings (SSSR count). The maximum atomic E-state index is 10.9. The van der Waals surface area contributed by atoms with Crippen molar-refractivity contribution in [3.8, 4) is 0 Å². The van der Waals surface area contributed by atoms with Gasteiger partial charge in [0, 0.05) is 11.5 Å². The highest BCUT2D eigenvalue weighted by molar-refractivity contribution is 5.81. The van der Waals surface area contributed by atoms with Gasteiger partial charge in [0.25, 0.3) is 0 Å². The molecule has 1 aliphatic rings. The first-order valence-electron chi connectivity index (χ1n) is 3.33. The summed E-state index contributed by atoms with van der Waals surface area (Å²) in [6.07, 6.45) is 0.964. The van der Waals surface area contributed by atoms with Gasteiger partial charge in [-0.25, -0.2) is 0 Å². The highest BCUT2D eigenvalue weighted by Crippen LogP contribution is 2.23. The molecule has 0 bridgehead atoms. The summed E-state index contributed by atoms with van der Waals surface area (Å²) < 4.78 is 0. The van der Waals surface area contributed by atoms with Crippen molar-refractivity contribution in [1.29, 1.82) is 0 Å². The van der Waals surface area contributed by atoms with E-state index in [0.29, 0.717) is 0 Å². The molecule has 2 nitrogen and oxygen atoms in total. The zero-order chi connectivity index (χ0) is 7.07. The Morgan fingerprint density at radius 2 is 2.22 bits per heavy atom. The van der Waals surface area contributed by atoms with Crippen LogP contribution in [0.25, 0.3) is 0 Å². The Kier molecular flexibility index (Phi) is 1.26. The number of carbonyl (C=O) groups is 1. The van der Waals surface area contributed by atoms with Crippen LogP contribution in [-0.4, -0.2) is 11.4 Å². The van der Waals surface area contributed by atoms with Gasteiger partial charge in [0.2, 0.25) is 5.91 Å². The number of rotatable bonds is 0. The lowest BCUT2D eigenvalue weighted by molar-refractivity contribution is -0.122. The van der Waals surface area contributed by atoms with Crippen molar-refractivity contribution in [1.82, 2.24) is 5.32 Å². The quantitative estimate of drug-likeness (QED) is 0.515. The van der Waals surface area contributed by atoms with Crippen molar-refractivity contribution in [2.45, 2.75) is 32.7 Å². The number of amides is 1. The van der Waals surface area contributed by atoms with E-state index in [1.54, 1.807) is 0 Å². The van der Waals surface area contributed by atoms with Gasteiger partial charge in [0.05, 0.1) is 0 Å². The highest BCUT2D eigenvalue weighted by Gasteiger charge is 2.33. The van der Waals surface area contributed by atoms with Crippen LogP contribution in [0.1, 0.15) is 27.2 Å². The molecule has 1 atom stereocenters. The third-order valence-electron chi connectivity index (χ3n) is 1.73. The van der Waals surface area contributed by atoms with Gasteiger partial charge < -0.3 is 5.32 Å². The summed E-state index contributed by atoms with van der Waals surface area (Å²) >= 11 is 0. The van der Waals surface area contributed by atoms with Gasteiger partial charge in [-0.2, -0.15) is 0 Å². The molecule has 1 amide bonds.